The van der Waals surface area contributed by atoms with Crippen LogP contribution in [0.5, 0.6) is 0 Å². The molecule has 0 aliphatic carbocycles. The minimum Gasteiger partial charge on any atom is -0.465 e. The number of aryl methyl sites for hydroxylation is 2. The maximum atomic E-state index is 11.6. The van der Waals surface area contributed by atoms with E-state index in [1.54, 1.807) is 23.7 Å². The van der Waals surface area contributed by atoms with Crippen LogP contribution in [0.4, 0.5) is 5.82 Å². The summed E-state index contributed by atoms with van der Waals surface area (Å²) >= 11 is 0. The lowest BCUT2D eigenvalue weighted by molar-refractivity contribution is 0.0599. The van der Waals surface area contributed by atoms with Crippen molar-refractivity contribution in [1.29, 1.82) is 0 Å². The fraction of sp³-hybridized carbons (Fsp3) is 0.211. The number of anilines is 1. The molecule has 0 spiro atoms. The molecule has 0 saturated heterocycles. The highest BCUT2D eigenvalue weighted by Crippen LogP contribution is 2.22. The molecule has 3 aromatic rings. The first kappa shape index (κ1) is 16.7. The van der Waals surface area contributed by atoms with Gasteiger partial charge >= 0.3 is 5.97 Å². The van der Waals surface area contributed by atoms with Gasteiger partial charge in [0.05, 0.1) is 24.1 Å². The lowest BCUT2D eigenvalue weighted by Crippen LogP contribution is -2.08. The van der Waals surface area contributed by atoms with Gasteiger partial charge in [0.2, 0.25) is 0 Å². The molecule has 3 rings (SSSR count). The SMILES string of the molecule is COC(=O)c1ccc(NCc2cn(C)nc2-c2ccccc2)nc1C. The standard InChI is InChI=1S/C19H20N4O2/c1-13-16(19(24)25-3)9-10-17(21-13)20-11-15-12-23(2)22-18(15)14-7-5-4-6-8-14/h4-10,12H,11H2,1-3H3,(H,20,21). The van der Waals surface area contributed by atoms with Gasteiger partial charge in [-0.3, -0.25) is 4.68 Å². The van der Waals surface area contributed by atoms with Gasteiger partial charge in [-0.05, 0) is 19.1 Å². The van der Waals surface area contributed by atoms with Gasteiger partial charge in [-0.15, -0.1) is 0 Å². The summed E-state index contributed by atoms with van der Waals surface area (Å²) in [6.45, 7) is 2.37. The molecular weight excluding hydrogens is 316 g/mol. The predicted molar refractivity (Wildman–Crippen MR) is 96.3 cm³/mol. The third-order valence-electron chi connectivity index (χ3n) is 3.90. The largest absolute Gasteiger partial charge is 0.465 e. The molecule has 2 heterocycles. The molecule has 0 aliphatic rings. The number of hydrogen-bond acceptors (Lipinski definition) is 5. The van der Waals surface area contributed by atoms with Gasteiger partial charge in [-0.25, -0.2) is 9.78 Å². The molecule has 0 radical (unpaired) electrons. The Bertz CT molecular complexity index is 888. The highest BCUT2D eigenvalue weighted by molar-refractivity contribution is 5.90. The molecule has 6 heteroatoms. The second-order valence-corrected chi connectivity index (χ2v) is 5.72. The molecule has 0 aliphatic heterocycles. The van der Waals surface area contributed by atoms with Crippen LogP contribution in [-0.2, 0) is 18.3 Å². The Morgan fingerprint density at radius 2 is 1.96 bits per heavy atom. The molecule has 2 aromatic heterocycles. The molecule has 0 bridgehead atoms. The quantitative estimate of drug-likeness (QED) is 0.725. The van der Waals surface area contributed by atoms with E-state index in [1.807, 2.05) is 43.6 Å². The molecule has 0 saturated carbocycles. The lowest BCUT2D eigenvalue weighted by atomic mass is 10.1. The summed E-state index contributed by atoms with van der Waals surface area (Å²) in [6, 6.07) is 13.6. The van der Waals surface area contributed by atoms with Gasteiger partial charge < -0.3 is 10.1 Å². The molecule has 6 nitrogen and oxygen atoms in total. The summed E-state index contributed by atoms with van der Waals surface area (Å²) in [5.74, 6) is 0.322. The van der Waals surface area contributed by atoms with Crippen LogP contribution in [0.15, 0.2) is 48.7 Å². The fourth-order valence-electron chi connectivity index (χ4n) is 2.68. The average Bonchev–Trinajstić information content (AvgIpc) is 3.01. The highest BCUT2D eigenvalue weighted by atomic mass is 16.5. The second kappa shape index (κ2) is 7.17. The van der Waals surface area contributed by atoms with Crippen molar-refractivity contribution in [3.8, 4) is 11.3 Å². The number of methoxy groups -OCH3 is 1. The topological polar surface area (TPSA) is 69.0 Å². The fourth-order valence-corrected chi connectivity index (χ4v) is 2.68. The van der Waals surface area contributed by atoms with Crippen molar-refractivity contribution in [3.05, 3.63) is 65.5 Å². The Balaban J connectivity index is 1.79. The number of carbonyl (C=O) groups excluding carboxylic acids is 1. The minimum absolute atomic E-state index is 0.379. The summed E-state index contributed by atoms with van der Waals surface area (Å²) in [7, 11) is 3.27. The molecule has 0 fully saturated rings. The Kier molecular flexibility index (Phi) is 4.79. The van der Waals surface area contributed by atoms with Gasteiger partial charge in [-0.2, -0.15) is 5.10 Å². The monoisotopic (exact) mass is 336 g/mol. The first-order valence-electron chi connectivity index (χ1n) is 7.96. The van der Waals surface area contributed by atoms with Crippen LogP contribution in [0, 0.1) is 6.92 Å². The average molecular weight is 336 g/mol. The zero-order chi connectivity index (χ0) is 17.8. The van der Waals surface area contributed by atoms with Gasteiger partial charge in [-0.1, -0.05) is 30.3 Å². The molecule has 0 unspecified atom stereocenters. The van der Waals surface area contributed by atoms with Crippen molar-refractivity contribution in [2.24, 2.45) is 7.05 Å². The van der Waals surface area contributed by atoms with Crippen LogP contribution in [-0.4, -0.2) is 27.8 Å². The van der Waals surface area contributed by atoms with E-state index in [9.17, 15) is 4.79 Å². The highest BCUT2D eigenvalue weighted by Gasteiger charge is 2.12. The lowest BCUT2D eigenvalue weighted by Gasteiger charge is -2.09. The van der Waals surface area contributed by atoms with Crippen molar-refractivity contribution in [1.82, 2.24) is 14.8 Å². The molecule has 128 valence electrons. The number of esters is 1. The molecule has 1 N–H and O–H groups in total. The number of aromatic nitrogens is 3. The van der Waals surface area contributed by atoms with Crippen LogP contribution in [0.1, 0.15) is 21.6 Å². The zero-order valence-electron chi connectivity index (χ0n) is 14.5. The minimum atomic E-state index is -0.379. The normalized spacial score (nSPS) is 10.5. The number of nitrogens with one attached hydrogen (secondary N) is 1. The van der Waals surface area contributed by atoms with E-state index in [0.717, 1.165) is 16.8 Å². The van der Waals surface area contributed by atoms with E-state index in [4.69, 9.17) is 4.74 Å². The Morgan fingerprint density at radius 1 is 1.20 bits per heavy atom. The molecule has 1 aromatic carbocycles. The van der Waals surface area contributed by atoms with Crippen molar-refractivity contribution >= 4 is 11.8 Å². The molecule has 25 heavy (non-hydrogen) atoms. The van der Waals surface area contributed by atoms with Gasteiger partial charge in [0.25, 0.3) is 0 Å². The summed E-state index contributed by atoms with van der Waals surface area (Å²) in [6.07, 6.45) is 1.99. The number of pyridine rings is 1. The van der Waals surface area contributed by atoms with Crippen molar-refractivity contribution in [2.45, 2.75) is 13.5 Å². The molecule has 0 amide bonds. The first-order valence-corrected chi connectivity index (χ1v) is 7.96. The van der Waals surface area contributed by atoms with E-state index >= 15 is 0 Å². The van der Waals surface area contributed by atoms with Gasteiger partial charge in [0, 0.05) is 30.9 Å². The number of carbonyl (C=O) groups is 1. The predicted octanol–water partition coefficient (Wildman–Crippen LogP) is 3.19. The third kappa shape index (κ3) is 3.68. The first-order chi connectivity index (χ1) is 12.1. The van der Waals surface area contributed by atoms with E-state index in [2.05, 4.69) is 15.4 Å². The summed E-state index contributed by atoms with van der Waals surface area (Å²) in [4.78, 5) is 16.1. The van der Waals surface area contributed by atoms with Crippen molar-refractivity contribution in [2.75, 3.05) is 12.4 Å². The van der Waals surface area contributed by atoms with E-state index in [-0.39, 0.29) is 5.97 Å². The molecule has 0 atom stereocenters. The maximum absolute atomic E-state index is 11.6. The van der Waals surface area contributed by atoms with Crippen LogP contribution >= 0.6 is 0 Å². The number of rotatable bonds is 5. The zero-order valence-corrected chi connectivity index (χ0v) is 14.5. The number of nitrogens with zero attached hydrogens (tertiary/aromatic N) is 3. The number of hydrogen-bond donors (Lipinski definition) is 1. The van der Waals surface area contributed by atoms with E-state index in [0.29, 0.717) is 23.6 Å². The van der Waals surface area contributed by atoms with Crippen LogP contribution in [0.3, 0.4) is 0 Å². The Morgan fingerprint density at radius 3 is 2.64 bits per heavy atom. The summed E-state index contributed by atoms with van der Waals surface area (Å²) in [5, 5.41) is 7.85. The van der Waals surface area contributed by atoms with Crippen LogP contribution in [0.2, 0.25) is 0 Å². The maximum Gasteiger partial charge on any atom is 0.339 e. The Hall–Kier alpha value is -3.15. The van der Waals surface area contributed by atoms with Gasteiger partial charge in [0.1, 0.15) is 5.82 Å². The number of benzene rings is 1. The van der Waals surface area contributed by atoms with Crippen molar-refractivity contribution in [3.63, 3.8) is 0 Å². The number of ether oxygens (including phenoxy) is 1. The summed E-state index contributed by atoms with van der Waals surface area (Å²) in [5.41, 5.74) is 4.19. The summed E-state index contributed by atoms with van der Waals surface area (Å²) < 4.78 is 6.55. The molecular formula is C19H20N4O2. The second-order valence-electron chi connectivity index (χ2n) is 5.72. The third-order valence-corrected chi connectivity index (χ3v) is 3.90. The van der Waals surface area contributed by atoms with E-state index < -0.39 is 0 Å². The smallest absolute Gasteiger partial charge is 0.339 e. The van der Waals surface area contributed by atoms with Gasteiger partial charge in [0.15, 0.2) is 0 Å². The Labute approximate surface area is 146 Å². The van der Waals surface area contributed by atoms with Crippen LogP contribution in [0.25, 0.3) is 11.3 Å². The van der Waals surface area contributed by atoms with Crippen LogP contribution < -0.4 is 5.32 Å². The van der Waals surface area contributed by atoms with E-state index in [1.165, 1.54) is 7.11 Å². The van der Waals surface area contributed by atoms with Crippen molar-refractivity contribution < 1.29 is 9.53 Å².